The monoisotopic (exact) mass is 409 g/mol. The molecule has 1 saturated heterocycles. The molecular formula is C25H19N3O3. The van der Waals surface area contributed by atoms with E-state index in [-0.39, 0.29) is 11.3 Å². The summed E-state index contributed by atoms with van der Waals surface area (Å²) in [6, 6.07) is 17.6. The number of aliphatic hydroxyl groups is 1. The molecule has 1 aliphatic rings. The number of H-pyrrole nitrogens is 1. The fourth-order valence-corrected chi connectivity index (χ4v) is 4.19. The summed E-state index contributed by atoms with van der Waals surface area (Å²) in [4.78, 5) is 35.1. The summed E-state index contributed by atoms with van der Waals surface area (Å²) in [5.41, 5.74) is 3.55. The predicted octanol–water partition coefficient (Wildman–Crippen LogP) is 4.50. The van der Waals surface area contributed by atoms with Crippen molar-refractivity contribution < 1.29 is 14.7 Å². The van der Waals surface area contributed by atoms with E-state index in [0.717, 1.165) is 16.5 Å². The molecule has 5 rings (SSSR count). The normalized spacial score (nSPS) is 18.1. The van der Waals surface area contributed by atoms with Crippen LogP contribution in [0, 0.1) is 6.92 Å². The molecule has 6 nitrogen and oxygen atoms in total. The van der Waals surface area contributed by atoms with Gasteiger partial charge in [-0.2, -0.15) is 0 Å². The number of anilines is 1. The van der Waals surface area contributed by atoms with Crippen LogP contribution in [0.2, 0.25) is 0 Å². The van der Waals surface area contributed by atoms with Gasteiger partial charge in [-0.1, -0.05) is 36.4 Å². The standard InChI is InChI=1S/C25H19N3O3/c1-15-6-2-5-9-20(15)28-22(16-10-12-26-13-11-16)21(24(30)25(28)31)23(29)18-14-27-19-8-4-3-7-17(18)19/h2-14,22,27,29H,1H3/b23-21-. The van der Waals surface area contributed by atoms with Gasteiger partial charge in [0.2, 0.25) is 0 Å². The molecule has 1 atom stereocenters. The van der Waals surface area contributed by atoms with Crippen molar-refractivity contribution in [1.82, 2.24) is 9.97 Å². The second-order valence-corrected chi connectivity index (χ2v) is 7.48. The van der Waals surface area contributed by atoms with Gasteiger partial charge in [-0.3, -0.25) is 19.5 Å². The summed E-state index contributed by atoms with van der Waals surface area (Å²) in [6.07, 6.45) is 4.88. The Balaban J connectivity index is 1.78. The van der Waals surface area contributed by atoms with E-state index in [2.05, 4.69) is 9.97 Å². The highest BCUT2D eigenvalue weighted by atomic mass is 16.3. The van der Waals surface area contributed by atoms with Crippen LogP contribution in [0.4, 0.5) is 5.69 Å². The molecule has 152 valence electrons. The van der Waals surface area contributed by atoms with Gasteiger partial charge in [-0.05, 0) is 42.3 Å². The van der Waals surface area contributed by atoms with Crippen LogP contribution in [0.5, 0.6) is 0 Å². The lowest BCUT2D eigenvalue weighted by Gasteiger charge is -2.26. The number of carbonyl (C=O) groups is 2. The molecular weight excluding hydrogens is 390 g/mol. The third kappa shape index (κ3) is 2.92. The van der Waals surface area contributed by atoms with Gasteiger partial charge in [0.25, 0.3) is 11.7 Å². The number of nitrogens with zero attached hydrogens (tertiary/aromatic N) is 2. The molecule has 0 aliphatic carbocycles. The SMILES string of the molecule is Cc1ccccc1N1C(=O)C(=O)/C(=C(\O)c2c[nH]c3ccccc23)C1c1ccncc1. The van der Waals surface area contributed by atoms with Crippen LogP contribution in [0.15, 0.2) is 84.8 Å². The quantitative estimate of drug-likeness (QED) is 0.296. The number of hydrogen-bond donors (Lipinski definition) is 2. The van der Waals surface area contributed by atoms with E-state index in [1.807, 2.05) is 49.4 Å². The largest absolute Gasteiger partial charge is 0.507 e. The molecule has 1 amide bonds. The Morgan fingerprint density at radius 2 is 1.71 bits per heavy atom. The van der Waals surface area contributed by atoms with Gasteiger partial charge in [-0.25, -0.2) is 0 Å². The third-order valence-electron chi connectivity index (χ3n) is 5.69. The number of nitrogens with one attached hydrogen (secondary N) is 1. The maximum atomic E-state index is 13.2. The van der Waals surface area contributed by atoms with Gasteiger partial charge in [0.05, 0.1) is 11.6 Å². The first-order valence-electron chi connectivity index (χ1n) is 9.91. The lowest BCUT2D eigenvalue weighted by molar-refractivity contribution is -0.132. The van der Waals surface area contributed by atoms with Crippen molar-refractivity contribution in [1.29, 1.82) is 0 Å². The van der Waals surface area contributed by atoms with Crippen LogP contribution >= 0.6 is 0 Å². The zero-order valence-corrected chi connectivity index (χ0v) is 16.7. The first-order chi connectivity index (χ1) is 15.1. The number of amides is 1. The summed E-state index contributed by atoms with van der Waals surface area (Å²) >= 11 is 0. The van der Waals surface area contributed by atoms with E-state index >= 15 is 0 Å². The number of aromatic nitrogens is 2. The summed E-state index contributed by atoms with van der Waals surface area (Å²) in [5.74, 6) is -1.58. The second kappa shape index (κ2) is 7.25. The first kappa shape index (κ1) is 18.8. The molecule has 0 spiro atoms. The summed E-state index contributed by atoms with van der Waals surface area (Å²) < 4.78 is 0. The van der Waals surface area contributed by atoms with Crippen LogP contribution in [0.3, 0.4) is 0 Å². The van der Waals surface area contributed by atoms with E-state index in [1.165, 1.54) is 4.90 Å². The fraction of sp³-hybridized carbons (Fsp3) is 0.0800. The van der Waals surface area contributed by atoms with Crippen LogP contribution in [-0.4, -0.2) is 26.8 Å². The summed E-state index contributed by atoms with van der Waals surface area (Å²) in [7, 11) is 0. The number of aryl methyl sites for hydroxylation is 1. The number of aliphatic hydroxyl groups excluding tert-OH is 1. The number of ketones is 1. The van der Waals surface area contributed by atoms with Crippen molar-refractivity contribution in [3.05, 3.63) is 102 Å². The first-order valence-corrected chi connectivity index (χ1v) is 9.91. The molecule has 2 aromatic heterocycles. The van der Waals surface area contributed by atoms with Gasteiger partial charge >= 0.3 is 0 Å². The van der Waals surface area contributed by atoms with Gasteiger partial charge in [-0.15, -0.1) is 0 Å². The molecule has 2 aromatic carbocycles. The van der Waals surface area contributed by atoms with Crippen molar-refractivity contribution >= 4 is 34.0 Å². The van der Waals surface area contributed by atoms with Crippen LogP contribution in [0.25, 0.3) is 16.7 Å². The Hall–Kier alpha value is -4.19. The van der Waals surface area contributed by atoms with Crippen LogP contribution in [0.1, 0.15) is 22.7 Å². The molecule has 1 aliphatic heterocycles. The Labute approximate surface area is 178 Å². The highest BCUT2D eigenvalue weighted by molar-refractivity contribution is 6.52. The number of pyridine rings is 1. The Morgan fingerprint density at radius 3 is 2.48 bits per heavy atom. The van der Waals surface area contributed by atoms with E-state index in [4.69, 9.17) is 0 Å². The predicted molar refractivity (Wildman–Crippen MR) is 118 cm³/mol. The molecule has 3 heterocycles. The van der Waals surface area contributed by atoms with Gasteiger partial charge in [0, 0.05) is 40.7 Å². The average Bonchev–Trinajstić information content (AvgIpc) is 3.34. The molecule has 4 aromatic rings. The smallest absolute Gasteiger partial charge is 0.300 e. The van der Waals surface area contributed by atoms with Gasteiger partial charge < -0.3 is 10.1 Å². The number of fused-ring (bicyclic) bond motifs is 1. The Morgan fingerprint density at radius 1 is 1.00 bits per heavy atom. The average molecular weight is 409 g/mol. The molecule has 2 N–H and O–H groups in total. The molecule has 31 heavy (non-hydrogen) atoms. The topological polar surface area (TPSA) is 86.3 Å². The minimum absolute atomic E-state index is 0.0595. The van der Waals surface area contributed by atoms with Crippen LogP contribution in [-0.2, 0) is 9.59 Å². The van der Waals surface area contributed by atoms with Crippen molar-refractivity contribution in [3.8, 4) is 0 Å². The number of carbonyl (C=O) groups excluding carboxylic acids is 2. The van der Waals surface area contributed by atoms with Crippen molar-refractivity contribution in [3.63, 3.8) is 0 Å². The van der Waals surface area contributed by atoms with E-state index in [9.17, 15) is 14.7 Å². The number of benzene rings is 2. The van der Waals surface area contributed by atoms with Crippen LogP contribution < -0.4 is 4.90 Å². The number of Topliss-reactive ketones (excluding diaryl/α,β-unsaturated/α-hetero) is 1. The van der Waals surface area contributed by atoms with Crippen molar-refractivity contribution in [2.24, 2.45) is 0 Å². The number of para-hydroxylation sites is 2. The lowest BCUT2D eigenvalue weighted by atomic mass is 9.95. The minimum Gasteiger partial charge on any atom is -0.507 e. The molecule has 0 bridgehead atoms. The zero-order chi connectivity index (χ0) is 21.5. The summed E-state index contributed by atoms with van der Waals surface area (Å²) in [6.45, 7) is 1.89. The highest BCUT2D eigenvalue weighted by Crippen LogP contribution is 2.43. The van der Waals surface area contributed by atoms with E-state index in [0.29, 0.717) is 16.8 Å². The van der Waals surface area contributed by atoms with E-state index < -0.39 is 17.7 Å². The lowest BCUT2D eigenvalue weighted by Crippen LogP contribution is -2.30. The van der Waals surface area contributed by atoms with Crippen molar-refractivity contribution in [2.75, 3.05) is 4.90 Å². The number of hydrogen-bond acceptors (Lipinski definition) is 4. The Kier molecular flexibility index (Phi) is 4.40. The summed E-state index contributed by atoms with van der Waals surface area (Å²) in [5, 5.41) is 12.1. The maximum absolute atomic E-state index is 13.2. The van der Waals surface area contributed by atoms with E-state index in [1.54, 1.807) is 36.8 Å². The van der Waals surface area contributed by atoms with Crippen molar-refractivity contribution in [2.45, 2.75) is 13.0 Å². The highest BCUT2D eigenvalue weighted by Gasteiger charge is 2.47. The van der Waals surface area contributed by atoms with Gasteiger partial charge in [0.15, 0.2) is 0 Å². The minimum atomic E-state index is -0.766. The second-order valence-electron chi connectivity index (χ2n) is 7.48. The number of aromatic amines is 1. The molecule has 0 radical (unpaired) electrons. The Bertz CT molecular complexity index is 1350. The fourth-order valence-electron chi connectivity index (χ4n) is 4.19. The maximum Gasteiger partial charge on any atom is 0.300 e. The third-order valence-corrected chi connectivity index (χ3v) is 5.69. The number of rotatable bonds is 3. The molecule has 6 heteroatoms. The zero-order valence-electron chi connectivity index (χ0n) is 16.7. The molecule has 0 saturated carbocycles. The molecule has 1 fully saturated rings. The molecule has 1 unspecified atom stereocenters. The van der Waals surface area contributed by atoms with Gasteiger partial charge in [0.1, 0.15) is 5.76 Å².